The highest BCUT2D eigenvalue weighted by molar-refractivity contribution is 5.66. The maximum absolute atomic E-state index is 10.5. The van der Waals surface area contributed by atoms with Crippen LogP contribution in [0.25, 0.3) is 10.4 Å². The fraction of sp³-hybridized carbons (Fsp3) is 0.857. The van der Waals surface area contributed by atoms with Crippen LogP contribution in [0.2, 0.25) is 0 Å². The van der Waals surface area contributed by atoms with Crippen molar-refractivity contribution in [3.8, 4) is 0 Å². The zero-order chi connectivity index (χ0) is 8.97. The molecule has 0 heterocycles. The molecule has 5 heteroatoms. The first-order valence-electron chi connectivity index (χ1n) is 3.94. The molecule has 0 saturated heterocycles. The largest absolute Gasteiger partial charge is 0.463 e. The molecule has 1 aliphatic rings. The van der Waals surface area contributed by atoms with Crippen LogP contribution >= 0.6 is 0 Å². The van der Waals surface area contributed by atoms with Crippen LogP contribution in [0, 0.1) is 0 Å². The summed E-state index contributed by atoms with van der Waals surface area (Å²) in [5.74, 6) is -0.262. The lowest BCUT2D eigenvalue weighted by molar-refractivity contribution is -0.145. The molecule has 0 bridgehead atoms. The Hall–Kier alpha value is -1.22. The molecule has 0 aliphatic heterocycles. The molecule has 5 nitrogen and oxygen atoms in total. The Kier molecular flexibility index (Phi) is 2.94. The molecule has 2 unspecified atom stereocenters. The van der Waals surface area contributed by atoms with Crippen LogP contribution in [-0.2, 0) is 9.53 Å². The van der Waals surface area contributed by atoms with Gasteiger partial charge in [-0.15, -0.1) is 0 Å². The van der Waals surface area contributed by atoms with Crippen molar-refractivity contribution in [1.82, 2.24) is 0 Å². The molecule has 0 amide bonds. The van der Waals surface area contributed by atoms with E-state index in [4.69, 9.17) is 10.3 Å². The molecule has 0 radical (unpaired) electrons. The molecular formula is C7H11N3O2. The maximum atomic E-state index is 10.5. The summed E-state index contributed by atoms with van der Waals surface area (Å²) >= 11 is 0. The van der Waals surface area contributed by atoms with E-state index in [0.717, 1.165) is 12.8 Å². The Labute approximate surface area is 70.3 Å². The topological polar surface area (TPSA) is 75.1 Å². The number of carbonyl (C=O) groups is 1. The van der Waals surface area contributed by atoms with Gasteiger partial charge in [0.15, 0.2) is 0 Å². The van der Waals surface area contributed by atoms with Crippen LogP contribution in [0.3, 0.4) is 0 Å². The van der Waals surface area contributed by atoms with Gasteiger partial charge in [0, 0.05) is 17.9 Å². The summed E-state index contributed by atoms with van der Waals surface area (Å²) in [6.45, 7) is 1.39. The smallest absolute Gasteiger partial charge is 0.302 e. The van der Waals surface area contributed by atoms with Crippen molar-refractivity contribution >= 4 is 5.97 Å². The van der Waals surface area contributed by atoms with E-state index in [9.17, 15) is 4.79 Å². The van der Waals surface area contributed by atoms with Gasteiger partial charge >= 0.3 is 5.97 Å². The summed E-state index contributed by atoms with van der Waals surface area (Å²) in [4.78, 5) is 13.3. The molecule has 0 aromatic rings. The number of azide groups is 1. The zero-order valence-electron chi connectivity index (χ0n) is 6.93. The Balaban J connectivity index is 2.35. The lowest BCUT2D eigenvalue weighted by atomic mass is 10.3. The second kappa shape index (κ2) is 3.97. The molecule has 1 saturated carbocycles. The Morgan fingerprint density at radius 1 is 1.67 bits per heavy atom. The number of hydrogen-bond acceptors (Lipinski definition) is 3. The van der Waals surface area contributed by atoms with E-state index in [0.29, 0.717) is 6.42 Å². The van der Waals surface area contributed by atoms with Crippen molar-refractivity contribution in [1.29, 1.82) is 0 Å². The van der Waals surface area contributed by atoms with Crippen molar-refractivity contribution in [2.45, 2.75) is 38.3 Å². The Morgan fingerprint density at radius 3 is 3.00 bits per heavy atom. The number of hydrogen-bond donors (Lipinski definition) is 0. The molecular weight excluding hydrogens is 158 g/mol. The number of esters is 1. The van der Waals surface area contributed by atoms with E-state index in [1.165, 1.54) is 6.92 Å². The molecule has 0 N–H and O–H groups in total. The van der Waals surface area contributed by atoms with Gasteiger partial charge in [-0.25, -0.2) is 0 Å². The fourth-order valence-electron chi connectivity index (χ4n) is 1.44. The molecule has 66 valence electrons. The van der Waals surface area contributed by atoms with Gasteiger partial charge in [0.25, 0.3) is 0 Å². The van der Waals surface area contributed by atoms with Crippen LogP contribution < -0.4 is 0 Å². The van der Waals surface area contributed by atoms with Crippen molar-refractivity contribution in [2.24, 2.45) is 5.11 Å². The summed E-state index contributed by atoms with van der Waals surface area (Å²) < 4.78 is 4.97. The summed E-state index contributed by atoms with van der Waals surface area (Å²) in [5.41, 5.74) is 8.15. The first-order chi connectivity index (χ1) is 5.72. The zero-order valence-corrected chi connectivity index (χ0v) is 6.93. The minimum Gasteiger partial charge on any atom is -0.463 e. The van der Waals surface area contributed by atoms with Crippen LogP contribution in [0.15, 0.2) is 5.11 Å². The summed E-state index contributed by atoms with van der Waals surface area (Å²) in [6.07, 6.45) is 2.26. The van der Waals surface area contributed by atoms with Gasteiger partial charge in [0.2, 0.25) is 0 Å². The highest BCUT2D eigenvalue weighted by atomic mass is 16.5. The van der Waals surface area contributed by atoms with Gasteiger partial charge in [0.1, 0.15) is 6.10 Å². The van der Waals surface area contributed by atoms with Gasteiger partial charge in [-0.1, -0.05) is 5.11 Å². The van der Waals surface area contributed by atoms with Crippen LogP contribution in [0.1, 0.15) is 26.2 Å². The third-order valence-electron chi connectivity index (χ3n) is 1.90. The van der Waals surface area contributed by atoms with Gasteiger partial charge in [-0.05, 0) is 24.8 Å². The first kappa shape index (κ1) is 8.87. The molecule has 12 heavy (non-hydrogen) atoms. The van der Waals surface area contributed by atoms with Crippen molar-refractivity contribution in [3.63, 3.8) is 0 Å². The van der Waals surface area contributed by atoms with Crippen molar-refractivity contribution < 1.29 is 9.53 Å². The summed E-state index contributed by atoms with van der Waals surface area (Å²) in [7, 11) is 0. The molecule has 1 aliphatic carbocycles. The number of rotatable bonds is 2. The maximum Gasteiger partial charge on any atom is 0.302 e. The highest BCUT2D eigenvalue weighted by Crippen LogP contribution is 2.24. The van der Waals surface area contributed by atoms with E-state index >= 15 is 0 Å². The quantitative estimate of drug-likeness (QED) is 0.273. The van der Waals surface area contributed by atoms with Gasteiger partial charge < -0.3 is 4.74 Å². The lowest BCUT2D eigenvalue weighted by Crippen LogP contribution is -2.12. The Morgan fingerprint density at radius 2 is 2.42 bits per heavy atom. The second-order valence-electron chi connectivity index (χ2n) is 2.90. The molecule has 0 aromatic heterocycles. The third-order valence-corrected chi connectivity index (χ3v) is 1.90. The number of carbonyl (C=O) groups excluding carboxylic acids is 1. The standard InChI is InChI=1S/C7H11N3O2/c1-5(11)12-7-3-2-6(4-7)9-10-8/h6-7H,2-4H2,1H3. The summed E-state index contributed by atoms with van der Waals surface area (Å²) in [6, 6.07) is 0.0133. The normalized spacial score (nSPS) is 27.8. The number of nitrogens with zero attached hydrogens (tertiary/aromatic N) is 3. The van der Waals surface area contributed by atoms with E-state index in [1.807, 2.05) is 0 Å². The minimum atomic E-state index is -0.262. The predicted molar refractivity (Wildman–Crippen MR) is 42.3 cm³/mol. The molecule has 0 aromatic carbocycles. The molecule has 1 rings (SSSR count). The number of ether oxygens (including phenoxy) is 1. The van der Waals surface area contributed by atoms with E-state index in [1.54, 1.807) is 0 Å². The predicted octanol–water partition coefficient (Wildman–Crippen LogP) is 1.78. The average Bonchev–Trinajstić information content (AvgIpc) is 2.36. The monoisotopic (exact) mass is 169 g/mol. The third kappa shape index (κ3) is 2.43. The second-order valence-corrected chi connectivity index (χ2v) is 2.90. The average molecular weight is 169 g/mol. The van der Waals surface area contributed by atoms with E-state index in [2.05, 4.69) is 10.0 Å². The summed E-state index contributed by atoms with van der Waals surface area (Å²) in [5, 5.41) is 3.57. The molecule has 0 spiro atoms. The van der Waals surface area contributed by atoms with Gasteiger partial charge in [0.05, 0.1) is 0 Å². The molecule has 2 atom stereocenters. The van der Waals surface area contributed by atoms with Crippen LogP contribution in [-0.4, -0.2) is 18.1 Å². The van der Waals surface area contributed by atoms with Crippen LogP contribution in [0.4, 0.5) is 0 Å². The van der Waals surface area contributed by atoms with Gasteiger partial charge in [-0.3, -0.25) is 4.79 Å². The van der Waals surface area contributed by atoms with Crippen molar-refractivity contribution in [2.75, 3.05) is 0 Å². The van der Waals surface area contributed by atoms with Crippen LogP contribution in [0.5, 0.6) is 0 Å². The van der Waals surface area contributed by atoms with Crippen molar-refractivity contribution in [3.05, 3.63) is 10.4 Å². The lowest BCUT2D eigenvalue weighted by Gasteiger charge is -2.08. The first-order valence-corrected chi connectivity index (χ1v) is 3.94. The molecule has 1 fully saturated rings. The van der Waals surface area contributed by atoms with E-state index in [-0.39, 0.29) is 18.1 Å². The Bertz CT molecular complexity index is 223. The highest BCUT2D eigenvalue weighted by Gasteiger charge is 2.25. The SMILES string of the molecule is CC(=O)OC1CCC(N=[N+]=[N-])C1. The van der Waals surface area contributed by atoms with Gasteiger partial charge in [-0.2, -0.15) is 0 Å². The van der Waals surface area contributed by atoms with E-state index < -0.39 is 0 Å². The minimum absolute atomic E-state index is 0.0133. The fourth-order valence-corrected chi connectivity index (χ4v) is 1.44.